The molecule has 2 aromatic carbocycles. The van der Waals surface area contributed by atoms with E-state index in [0.29, 0.717) is 0 Å². The van der Waals surface area contributed by atoms with Crippen molar-refractivity contribution in [1.29, 1.82) is 0 Å². The van der Waals surface area contributed by atoms with Crippen molar-refractivity contribution < 1.29 is 4.74 Å². The average molecular weight is 315 g/mol. The Labute approximate surface area is 122 Å². The minimum atomic E-state index is 0.0120. The van der Waals surface area contributed by atoms with Gasteiger partial charge in [-0.15, -0.1) is 0 Å². The number of para-hydroxylation sites is 1. The summed E-state index contributed by atoms with van der Waals surface area (Å²) in [6, 6.07) is 16.6. The van der Waals surface area contributed by atoms with Crippen LogP contribution in [0.5, 0.6) is 5.75 Å². The first-order valence-corrected chi connectivity index (χ1v) is 7.29. The van der Waals surface area contributed by atoms with Crippen molar-refractivity contribution in [3.05, 3.63) is 70.2 Å². The fourth-order valence-corrected chi connectivity index (χ4v) is 2.67. The van der Waals surface area contributed by atoms with Gasteiger partial charge in [-0.2, -0.15) is 0 Å². The molecule has 0 unspecified atom stereocenters. The molecule has 0 aromatic heterocycles. The van der Waals surface area contributed by atoms with Crippen LogP contribution in [0.25, 0.3) is 5.57 Å². The predicted octanol–water partition coefficient (Wildman–Crippen LogP) is 5.38. The lowest BCUT2D eigenvalue weighted by Gasteiger charge is -2.25. The Morgan fingerprint density at radius 1 is 1.05 bits per heavy atom. The Morgan fingerprint density at radius 3 is 2.53 bits per heavy atom. The van der Waals surface area contributed by atoms with Crippen molar-refractivity contribution in [2.24, 2.45) is 0 Å². The van der Waals surface area contributed by atoms with Gasteiger partial charge in [0.1, 0.15) is 11.9 Å². The molecule has 19 heavy (non-hydrogen) atoms. The molecule has 1 heterocycles. The molecule has 1 atom stereocenters. The predicted molar refractivity (Wildman–Crippen MR) is 82.2 cm³/mol. The maximum atomic E-state index is 6.10. The van der Waals surface area contributed by atoms with Crippen molar-refractivity contribution in [2.75, 3.05) is 0 Å². The highest BCUT2D eigenvalue weighted by atomic mass is 79.9. The molecule has 1 aliphatic rings. The van der Waals surface area contributed by atoms with Crippen molar-refractivity contribution in [3.8, 4) is 5.75 Å². The van der Waals surface area contributed by atoms with Crippen LogP contribution in [0, 0.1) is 0 Å². The molecule has 0 bridgehead atoms. The fourth-order valence-electron chi connectivity index (χ4n) is 2.40. The average Bonchev–Trinajstić information content (AvgIpc) is 2.47. The number of allylic oxidation sites excluding steroid dienone is 1. The molecule has 1 aliphatic heterocycles. The summed E-state index contributed by atoms with van der Waals surface area (Å²) in [6.07, 6.45) is 3.26. The lowest BCUT2D eigenvalue weighted by atomic mass is 9.95. The summed E-state index contributed by atoms with van der Waals surface area (Å²) in [6.45, 7) is 2.19. The van der Waals surface area contributed by atoms with Crippen molar-refractivity contribution in [3.63, 3.8) is 0 Å². The number of halogens is 1. The third kappa shape index (κ3) is 2.45. The van der Waals surface area contributed by atoms with Gasteiger partial charge in [0.05, 0.1) is 0 Å². The van der Waals surface area contributed by atoms with E-state index < -0.39 is 0 Å². The smallest absolute Gasteiger partial charge is 0.143 e. The molecule has 0 aliphatic carbocycles. The molecular formula is C17H15BrO. The monoisotopic (exact) mass is 314 g/mol. The summed E-state index contributed by atoms with van der Waals surface area (Å²) in [5.74, 6) is 0.981. The van der Waals surface area contributed by atoms with E-state index in [-0.39, 0.29) is 6.10 Å². The Hall–Kier alpha value is -1.54. The summed E-state index contributed by atoms with van der Waals surface area (Å²) in [4.78, 5) is 0. The minimum absolute atomic E-state index is 0.0120. The van der Waals surface area contributed by atoms with Crippen LogP contribution in [0.1, 0.15) is 30.6 Å². The zero-order chi connectivity index (χ0) is 13.2. The number of fused-ring (bicyclic) bond motifs is 1. The van der Waals surface area contributed by atoms with E-state index in [0.717, 1.165) is 16.6 Å². The maximum absolute atomic E-state index is 6.10. The molecule has 96 valence electrons. The van der Waals surface area contributed by atoms with Crippen LogP contribution in [0.15, 0.2) is 59.1 Å². The van der Waals surface area contributed by atoms with Crippen LogP contribution >= 0.6 is 15.9 Å². The largest absolute Gasteiger partial charge is 0.481 e. The first-order valence-electron chi connectivity index (χ1n) is 6.50. The number of benzene rings is 2. The Morgan fingerprint density at radius 2 is 1.79 bits per heavy atom. The zero-order valence-electron chi connectivity index (χ0n) is 10.8. The molecule has 2 aromatic rings. The highest BCUT2D eigenvalue weighted by molar-refractivity contribution is 9.10. The summed E-state index contributed by atoms with van der Waals surface area (Å²) >= 11 is 3.46. The van der Waals surface area contributed by atoms with Crippen LogP contribution in [0.2, 0.25) is 0 Å². The van der Waals surface area contributed by atoms with E-state index in [9.17, 15) is 0 Å². The topological polar surface area (TPSA) is 9.23 Å². The van der Waals surface area contributed by atoms with Crippen LogP contribution in [0.3, 0.4) is 0 Å². The lowest BCUT2D eigenvalue weighted by molar-refractivity contribution is 0.250. The maximum Gasteiger partial charge on any atom is 0.143 e. The second kappa shape index (κ2) is 5.22. The molecular weight excluding hydrogens is 300 g/mol. The van der Waals surface area contributed by atoms with E-state index in [2.05, 4.69) is 65.3 Å². The first kappa shape index (κ1) is 12.5. The number of hydrogen-bond acceptors (Lipinski definition) is 1. The normalized spacial score (nSPS) is 17.4. The summed E-state index contributed by atoms with van der Waals surface area (Å²) in [5, 5.41) is 0. The quantitative estimate of drug-likeness (QED) is 0.723. The van der Waals surface area contributed by atoms with Gasteiger partial charge in [-0.3, -0.25) is 0 Å². The molecule has 0 amide bonds. The van der Waals surface area contributed by atoms with Gasteiger partial charge in [-0.1, -0.05) is 53.2 Å². The Bertz CT molecular complexity index is 613. The third-order valence-corrected chi connectivity index (χ3v) is 3.95. The molecule has 0 fully saturated rings. The van der Waals surface area contributed by atoms with Gasteiger partial charge in [-0.25, -0.2) is 0 Å². The Balaban J connectivity index is 2.01. The lowest BCUT2D eigenvalue weighted by Crippen LogP contribution is -2.11. The molecule has 0 saturated heterocycles. The third-order valence-electron chi connectivity index (χ3n) is 3.42. The molecule has 0 N–H and O–H groups in total. The van der Waals surface area contributed by atoms with E-state index in [1.165, 1.54) is 16.7 Å². The van der Waals surface area contributed by atoms with Crippen molar-refractivity contribution >= 4 is 21.5 Å². The van der Waals surface area contributed by atoms with E-state index in [1.807, 2.05) is 12.1 Å². The standard InChI is InChI=1S/C17H15BrO/c1-2-12-11-17(13-7-9-14(18)10-8-13)19-16-6-4-3-5-15(12)16/h3-11,17H,2H2,1H3/t17-/m1/s1. The SMILES string of the molecule is CCC1=C[C@H](c2ccc(Br)cc2)Oc2ccccc21. The van der Waals surface area contributed by atoms with Crippen LogP contribution in [-0.4, -0.2) is 0 Å². The molecule has 3 rings (SSSR count). The summed E-state index contributed by atoms with van der Waals surface area (Å²) in [7, 11) is 0. The van der Waals surface area contributed by atoms with E-state index >= 15 is 0 Å². The minimum Gasteiger partial charge on any atom is -0.481 e. The zero-order valence-corrected chi connectivity index (χ0v) is 12.4. The van der Waals surface area contributed by atoms with Gasteiger partial charge >= 0.3 is 0 Å². The molecule has 0 saturated carbocycles. The van der Waals surface area contributed by atoms with Gasteiger partial charge in [0, 0.05) is 10.0 Å². The van der Waals surface area contributed by atoms with Crippen molar-refractivity contribution in [1.82, 2.24) is 0 Å². The van der Waals surface area contributed by atoms with E-state index in [1.54, 1.807) is 0 Å². The second-order valence-electron chi connectivity index (χ2n) is 4.63. The summed E-state index contributed by atoms with van der Waals surface area (Å²) in [5.41, 5.74) is 3.76. The van der Waals surface area contributed by atoms with Gasteiger partial charge in [0.2, 0.25) is 0 Å². The highest BCUT2D eigenvalue weighted by Crippen LogP contribution is 2.38. The summed E-state index contributed by atoms with van der Waals surface area (Å²) < 4.78 is 7.19. The molecule has 0 radical (unpaired) electrons. The molecule has 2 heteroatoms. The molecule has 0 spiro atoms. The fraction of sp³-hybridized carbons (Fsp3) is 0.176. The number of rotatable bonds is 2. The van der Waals surface area contributed by atoms with Crippen LogP contribution in [0.4, 0.5) is 0 Å². The highest BCUT2D eigenvalue weighted by Gasteiger charge is 2.20. The van der Waals surface area contributed by atoms with Crippen LogP contribution < -0.4 is 4.74 Å². The van der Waals surface area contributed by atoms with Gasteiger partial charge < -0.3 is 4.74 Å². The van der Waals surface area contributed by atoms with Crippen molar-refractivity contribution in [2.45, 2.75) is 19.4 Å². The van der Waals surface area contributed by atoms with Crippen LogP contribution in [-0.2, 0) is 0 Å². The Kier molecular flexibility index (Phi) is 3.43. The second-order valence-corrected chi connectivity index (χ2v) is 5.55. The number of hydrogen-bond donors (Lipinski definition) is 0. The van der Waals surface area contributed by atoms with E-state index in [4.69, 9.17) is 4.74 Å². The molecule has 1 nitrogen and oxygen atoms in total. The van der Waals surface area contributed by atoms with Gasteiger partial charge in [0.15, 0.2) is 0 Å². The van der Waals surface area contributed by atoms with Gasteiger partial charge in [0.25, 0.3) is 0 Å². The first-order chi connectivity index (χ1) is 9.28. The number of ether oxygens (including phenoxy) is 1. The van der Waals surface area contributed by atoms with Gasteiger partial charge in [-0.05, 0) is 41.8 Å².